The van der Waals surface area contributed by atoms with Crippen molar-refractivity contribution in [2.75, 3.05) is 17.2 Å². The molecule has 1 amide bonds. The van der Waals surface area contributed by atoms with Crippen LogP contribution in [0.3, 0.4) is 0 Å². The van der Waals surface area contributed by atoms with Crippen molar-refractivity contribution >= 4 is 33.6 Å². The highest BCUT2D eigenvalue weighted by atomic mass is 32.2. The molecule has 124 valence electrons. The molecule has 1 aliphatic rings. The van der Waals surface area contributed by atoms with Crippen molar-refractivity contribution in [3.8, 4) is 0 Å². The van der Waals surface area contributed by atoms with E-state index in [2.05, 4.69) is 0 Å². The van der Waals surface area contributed by atoms with Gasteiger partial charge in [0.15, 0.2) is 0 Å². The molecule has 1 aromatic rings. The lowest BCUT2D eigenvalue weighted by atomic mass is 10.1. The molecule has 1 heterocycles. The monoisotopic (exact) mass is 342 g/mol. The van der Waals surface area contributed by atoms with E-state index in [0.29, 0.717) is 0 Å². The summed E-state index contributed by atoms with van der Waals surface area (Å²) < 4.78 is 22.2. The molecule has 0 aliphatic carbocycles. The van der Waals surface area contributed by atoms with Crippen molar-refractivity contribution < 1.29 is 33.0 Å². The zero-order valence-electron chi connectivity index (χ0n) is 11.8. The SMILES string of the molecule is NS(=O)(=O)CC1CC(=O)N(c2cc(C(=O)O)cc(C(=O)O)c2)C1. The maximum atomic E-state index is 12.0. The largest absolute Gasteiger partial charge is 0.478 e. The molecule has 23 heavy (non-hydrogen) atoms. The topological polar surface area (TPSA) is 155 Å². The highest BCUT2D eigenvalue weighted by Gasteiger charge is 2.33. The minimum atomic E-state index is -3.75. The number of carboxylic acid groups (broad SMARTS) is 2. The van der Waals surface area contributed by atoms with E-state index >= 15 is 0 Å². The maximum Gasteiger partial charge on any atom is 0.335 e. The fourth-order valence-corrected chi connectivity index (χ4v) is 3.37. The van der Waals surface area contributed by atoms with Crippen molar-refractivity contribution in [1.29, 1.82) is 0 Å². The normalized spacial score (nSPS) is 18.2. The Morgan fingerprint density at radius 2 is 1.70 bits per heavy atom. The standard InChI is InChI=1S/C13H14N2O7S/c14-23(21,22)6-7-1-11(16)15(5-7)10-3-8(12(17)18)2-9(4-10)13(19)20/h2-4,7H,1,5-6H2,(H,17,18)(H,19,20)(H2,14,21,22). The number of primary sulfonamides is 1. The van der Waals surface area contributed by atoms with Gasteiger partial charge in [-0.2, -0.15) is 0 Å². The first kappa shape index (κ1) is 16.9. The molecule has 1 unspecified atom stereocenters. The highest BCUT2D eigenvalue weighted by molar-refractivity contribution is 7.89. The molecule has 1 atom stereocenters. The van der Waals surface area contributed by atoms with E-state index in [-0.39, 0.29) is 35.5 Å². The lowest BCUT2D eigenvalue weighted by molar-refractivity contribution is -0.117. The van der Waals surface area contributed by atoms with E-state index in [4.69, 9.17) is 15.4 Å². The van der Waals surface area contributed by atoms with Gasteiger partial charge in [-0.05, 0) is 18.2 Å². The number of carbonyl (C=O) groups is 3. The molecule has 0 spiro atoms. The Kier molecular flexibility index (Phi) is 4.39. The van der Waals surface area contributed by atoms with Gasteiger partial charge in [-0.25, -0.2) is 23.1 Å². The summed E-state index contributed by atoms with van der Waals surface area (Å²) in [5.74, 6) is -3.99. The Morgan fingerprint density at radius 3 is 2.13 bits per heavy atom. The Morgan fingerprint density at radius 1 is 1.17 bits per heavy atom. The molecule has 0 saturated carbocycles. The number of carbonyl (C=O) groups excluding carboxylic acids is 1. The van der Waals surface area contributed by atoms with Crippen LogP contribution in [0.2, 0.25) is 0 Å². The Balaban J connectivity index is 2.36. The van der Waals surface area contributed by atoms with Gasteiger partial charge >= 0.3 is 11.9 Å². The molecule has 1 saturated heterocycles. The van der Waals surface area contributed by atoms with Crippen molar-refractivity contribution in [2.45, 2.75) is 6.42 Å². The number of sulfonamides is 1. The maximum absolute atomic E-state index is 12.0. The van der Waals surface area contributed by atoms with Crippen LogP contribution in [0.15, 0.2) is 18.2 Å². The molecule has 0 aromatic heterocycles. The number of anilines is 1. The summed E-state index contributed by atoms with van der Waals surface area (Å²) in [6.45, 7) is 0.0252. The number of nitrogens with two attached hydrogens (primary N) is 1. The zero-order valence-corrected chi connectivity index (χ0v) is 12.6. The molecule has 0 radical (unpaired) electrons. The summed E-state index contributed by atoms with van der Waals surface area (Å²) in [5, 5.41) is 23.0. The number of benzene rings is 1. The van der Waals surface area contributed by atoms with Crippen LogP contribution in [0.4, 0.5) is 5.69 Å². The summed E-state index contributed by atoms with van der Waals surface area (Å²) in [6, 6.07) is 3.33. The van der Waals surface area contributed by atoms with Gasteiger partial charge in [-0.15, -0.1) is 0 Å². The molecule has 0 bridgehead atoms. The first-order valence-electron chi connectivity index (χ1n) is 6.49. The van der Waals surface area contributed by atoms with Crippen LogP contribution in [0.25, 0.3) is 0 Å². The predicted octanol–water partition coefficient (Wildman–Crippen LogP) is -0.276. The van der Waals surface area contributed by atoms with E-state index in [1.807, 2.05) is 0 Å². The Bertz CT molecular complexity index is 755. The van der Waals surface area contributed by atoms with Crippen molar-refractivity contribution in [3.05, 3.63) is 29.3 Å². The number of aromatic carboxylic acids is 2. The van der Waals surface area contributed by atoms with E-state index in [1.54, 1.807) is 0 Å². The van der Waals surface area contributed by atoms with E-state index in [0.717, 1.165) is 6.07 Å². The molecule has 1 aromatic carbocycles. The molecule has 1 aliphatic heterocycles. The second-order valence-electron chi connectivity index (χ2n) is 5.28. The number of rotatable bonds is 5. The first-order chi connectivity index (χ1) is 10.6. The second kappa shape index (κ2) is 5.97. The van der Waals surface area contributed by atoms with Gasteiger partial charge < -0.3 is 15.1 Å². The van der Waals surface area contributed by atoms with Crippen LogP contribution in [0.5, 0.6) is 0 Å². The molecule has 2 rings (SSSR count). The van der Waals surface area contributed by atoms with Crippen LogP contribution < -0.4 is 10.0 Å². The lowest BCUT2D eigenvalue weighted by Gasteiger charge is -2.18. The number of nitrogens with zero attached hydrogens (tertiary/aromatic N) is 1. The second-order valence-corrected chi connectivity index (χ2v) is 6.94. The Hall–Kier alpha value is -2.46. The van der Waals surface area contributed by atoms with Crippen LogP contribution in [0.1, 0.15) is 27.1 Å². The summed E-state index contributed by atoms with van der Waals surface area (Å²) in [7, 11) is -3.75. The minimum Gasteiger partial charge on any atom is -0.478 e. The van der Waals surface area contributed by atoms with Gasteiger partial charge in [-0.3, -0.25) is 4.79 Å². The third-order valence-corrected chi connectivity index (χ3v) is 4.33. The molecule has 1 fully saturated rings. The number of carboxylic acids is 2. The first-order valence-corrected chi connectivity index (χ1v) is 8.21. The smallest absolute Gasteiger partial charge is 0.335 e. The molecule has 4 N–H and O–H groups in total. The van der Waals surface area contributed by atoms with Gasteiger partial charge in [0.2, 0.25) is 15.9 Å². The van der Waals surface area contributed by atoms with Gasteiger partial charge in [0.1, 0.15) is 0 Å². The summed E-state index contributed by atoms with van der Waals surface area (Å²) in [5.41, 5.74) is -0.450. The fraction of sp³-hybridized carbons (Fsp3) is 0.308. The van der Waals surface area contributed by atoms with Gasteiger partial charge in [-0.1, -0.05) is 0 Å². The van der Waals surface area contributed by atoms with Gasteiger partial charge in [0.25, 0.3) is 0 Å². The van der Waals surface area contributed by atoms with Gasteiger partial charge in [0.05, 0.1) is 16.9 Å². The van der Waals surface area contributed by atoms with Crippen LogP contribution >= 0.6 is 0 Å². The average Bonchev–Trinajstić information content (AvgIpc) is 2.76. The third-order valence-electron chi connectivity index (χ3n) is 3.40. The van der Waals surface area contributed by atoms with Crippen molar-refractivity contribution in [3.63, 3.8) is 0 Å². The van der Waals surface area contributed by atoms with Gasteiger partial charge in [0, 0.05) is 24.6 Å². The number of hydrogen-bond donors (Lipinski definition) is 3. The molecular formula is C13H14N2O7S. The highest BCUT2D eigenvalue weighted by Crippen LogP contribution is 2.27. The number of amides is 1. The van der Waals surface area contributed by atoms with Crippen molar-refractivity contribution in [1.82, 2.24) is 0 Å². The van der Waals surface area contributed by atoms with E-state index < -0.39 is 33.8 Å². The van der Waals surface area contributed by atoms with E-state index in [1.165, 1.54) is 17.0 Å². The minimum absolute atomic E-state index is 0.0252. The zero-order chi connectivity index (χ0) is 17.4. The third kappa shape index (κ3) is 4.05. The molecule has 10 heteroatoms. The Labute approximate surface area is 131 Å². The van der Waals surface area contributed by atoms with Crippen LogP contribution in [-0.4, -0.2) is 48.8 Å². The lowest BCUT2D eigenvalue weighted by Crippen LogP contribution is -2.27. The molecular weight excluding hydrogens is 328 g/mol. The molecule has 9 nitrogen and oxygen atoms in total. The fourth-order valence-electron chi connectivity index (χ4n) is 2.49. The van der Waals surface area contributed by atoms with Crippen LogP contribution in [0, 0.1) is 5.92 Å². The number of hydrogen-bond acceptors (Lipinski definition) is 5. The van der Waals surface area contributed by atoms with Crippen LogP contribution in [-0.2, 0) is 14.8 Å². The van der Waals surface area contributed by atoms with Crippen molar-refractivity contribution in [2.24, 2.45) is 11.1 Å². The average molecular weight is 342 g/mol. The summed E-state index contributed by atoms with van der Waals surface area (Å²) in [4.78, 5) is 35.4. The quantitative estimate of drug-likeness (QED) is 0.664. The summed E-state index contributed by atoms with van der Waals surface area (Å²) in [6.07, 6.45) is -0.0594. The van der Waals surface area contributed by atoms with E-state index in [9.17, 15) is 22.8 Å². The predicted molar refractivity (Wildman–Crippen MR) is 78.8 cm³/mol. The summed E-state index contributed by atoms with van der Waals surface area (Å²) >= 11 is 0.